The molecule has 1 heterocycles. The molecule has 0 radical (unpaired) electrons. The van der Waals surface area contributed by atoms with Crippen molar-refractivity contribution in [1.29, 1.82) is 0 Å². The second-order valence-corrected chi connectivity index (χ2v) is 4.50. The van der Waals surface area contributed by atoms with Gasteiger partial charge in [-0.15, -0.1) is 0 Å². The fourth-order valence-electron chi connectivity index (χ4n) is 1.38. The van der Waals surface area contributed by atoms with Gasteiger partial charge in [0.25, 0.3) is 11.0 Å². The lowest BCUT2D eigenvalue weighted by molar-refractivity contribution is -0.144. The summed E-state index contributed by atoms with van der Waals surface area (Å²) in [6, 6.07) is 6.09. The zero-order chi connectivity index (χ0) is 14.8. The lowest BCUT2D eigenvalue weighted by Crippen LogP contribution is -2.06. The van der Waals surface area contributed by atoms with Gasteiger partial charge < -0.3 is 4.74 Å². The van der Waals surface area contributed by atoms with Gasteiger partial charge in [-0.05, 0) is 24.3 Å². The first-order valence-corrected chi connectivity index (χ1v) is 6.39. The van der Waals surface area contributed by atoms with Crippen LogP contribution in [-0.4, -0.2) is 15.1 Å². The lowest BCUT2D eigenvalue weighted by atomic mass is 10.1. The molecule has 0 spiro atoms. The van der Waals surface area contributed by atoms with E-state index in [0.29, 0.717) is 29.3 Å². The number of Topliss-reactive ketones (excluding diaryl/α,β-unsaturated/α-hetero) is 1. The summed E-state index contributed by atoms with van der Waals surface area (Å²) in [6.45, 7) is 1.74. The number of rotatable bonds is 4. The molecule has 0 unspecified atom stereocenters. The molecule has 1 aromatic carbocycles. The zero-order valence-electron chi connectivity index (χ0n) is 10.3. The second-order valence-electron chi connectivity index (χ2n) is 3.78. The van der Waals surface area contributed by atoms with Gasteiger partial charge in [0.2, 0.25) is 0 Å². The number of benzene rings is 1. The van der Waals surface area contributed by atoms with Crippen molar-refractivity contribution in [1.82, 2.24) is 9.36 Å². The number of alkyl halides is 3. The maximum absolute atomic E-state index is 12.3. The maximum Gasteiger partial charge on any atom is 0.452 e. The van der Waals surface area contributed by atoms with E-state index < -0.39 is 12.0 Å². The Bertz CT molecular complexity index is 608. The Morgan fingerprint density at radius 3 is 2.45 bits per heavy atom. The van der Waals surface area contributed by atoms with Crippen LogP contribution in [0.5, 0.6) is 10.9 Å². The van der Waals surface area contributed by atoms with E-state index in [9.17, 15) is 18.0 Å². The number of ether oxygens (including phenoxy) is 1. The molecule has 0 aliphatic rings. The summed E-state index contributed by atoms with van der Waals surface area (Å²) < 4.78 is 45.3. The molecule has 0 atom stereocenters. The minimum Gasteiger partial charge on any atom is -0.430 e. The Balaban J connectivity index is 2.10. The van der Waals surface area contributed by atoms with Crippen LogP contribution in [0.4, 0.5) is 13.2 Å². The van der Waals surface area contributed by atoms with Crippen LogP contribution >= 0.6 is 11.5 Å². The van der Waals surface area contributed by atoms with Gasteiger partial charge in [-0.1, -0.05) is 6.92 Å². The van der Waals surface area contributed by atoms with Crippen molar-refractivity contribution >= 4 is 17.3 Å². The third-order valence-electron chi connectivity index (χ3n) is 2.36. The van der Waals surface area contributed by atoms with Crippen LogP contribution in [0.1, 0.15) is 29.5 Å². The molecule has 1 aromatic heterocycles. The predicted octanol–water partition coefficient (Wildman–Crippen LogP) is 3.94. The molecular formula is C12H9F3N2O2S. The molecule has 4 nitrogen and oxygen atoms in total. The van der Waals surface area contributed by atoms with Gasteiger partial charge in [0, 0.05) is 23.5 Å². The summed E-state index contributed by atoms with van der Waals surface area (Å²) >= 11 is 0.516. The quantitative estimate of drug-likeness (QED) is 0.803. The van der Waals surface area contributed by atoms with Crippen LogP contribution in [0, 0.1) is 0 Å². The average Bonchev–Trinajstić information content (AvgIpc) is 2.87. The monoisotopic (exact) mass is 302 g/mol. The zero-order valence-corrected chi connectivity index (χ0v) is 11.1. The van der Waals surface area contributed by atoms with Crippen molar-refractivity contribution in [2.45, 2.75) is 19.5 Å². The third-order valence-corrected chi connectivity index (χ3v) is 2.96. The summed E-state index contributed by atoms with van der Waals surface area (Å²) in [7, 11) is 0. The van der Waals surface area contributed by atoms with Gasteiger partial charge in [0.1, 0.15) is 5.75 Å². The van der Waals surface area contributed by atoms with Crippen molar-refractivity contribution in [2.75, 3.05) is 0 Å². The Morgan fingerprint density at radius 1 is 1.30 bits per heavy atom. The first-order chi connectivity index (χ1) is 9.40. The minimum atomic E-state index is -4.59. The Morgan fingerprint density at radius 2 is 1.95 bits per heavy atom. The van der Waals surface area contributed by atoms with Crippen molar-refractivity contribution in [3.8, 4) is 10.9 Å². The number of carbonyl (C=O) groups excluding carboxylic acids is 1. The van der Waals surface area contributed by atoms with E-state index in [-0.39, 0.29) is 11.0 Å². The largest absolute Gasteiger partial charge is 0.452 e. The van der Waals surface area contributed by atoms with Crippen LogP contribution in [0.15, 0.2) is 24.3 Å². The minimum absolute atomic E-state index is 0.0215. The number of halogens is 3. The van der Waals surface area contributed by atoms with Gasteiger partial charge in [0.05, 0.1) is 0 Å². The van der Waals surface area contributed by atoms with Crippen molar-refractivity contribution in [3.63, 3.8) is 0 Å². The first-order valence-electron chi connectivity index (χ1n) is 5.62. The fraction of sp³-hybridized carbons (Fsp3) is 0.250. The summed E-state index contributed by atoms with van der Waals surface area (Å²) in [5, 5.41) is -0.202. The SMILES string of the molecule is CCC(=O)c1ccc(Oc2nc(C(F)(F)F)ns2)cc1. The fourth-order valence-corrected chi connectivity index (χ4v) is 1.95. The van der Waals surface area contributed by atoms with Crippen molar-refractivity contribution in [2.24, 2.45) is 0 Å². The van der Waals surface area contributed by atoms with Crippen LogP contribution in [0.2, 0.25) is 0 Å². The van der Waals surface area contributed by atoms with Crippen LogP contribution in [0.25, 0.3) is 0 Å². The van der Waals surface area contributed by atoms with E-state index in [2.05, 4.69) is 9.36 Å². The Hall–Kier alpha value is -1.96. The van der Waals surface area contributed by atoms with Crippen LogP contribution in [-0.2, 0) is 6.18 Å². The predicted molar refractivity (Wildman–Crippen MR) is 66.0 cm³/mol. The lowest BCUT2D eigenvalue weighted by Gasteiger charge is -2.02. The van der Waals surface area contributed by atoms with E-state index in [1.54, 1.807) is 19.1 Å². The molecular weight excluding hydrogens is 293 g/mol. The van der Waals surface area contributed by atoms with E-state index in [0.717, 1.165) is 0 Å². The Kier molecular flexibility index (Phi) is 4.03. The van der Waals surface area contributed by atoms with Gasteiger partial charge >= 0.3 is 6.18 Å². The van der Waals surface area contributed by atoms with Gasteiger partial charge in [-0.25, -0.2) is 0 Å². The first kappa shape index (κ1) is 14.4. The molecule has 0 amide bonds. The van der Waals surface area contributed by atoms with Crippen molar-refractivity contribution < 1.29 is 22.7 Å². The van der Waals surface area contributed by atoms with Crippen LogP contribution < -0.4 is 4.74 Å². The summed E-state index contributed by atoms with van der Waals surface area (Å²) in [5.41, 5.74) is 0.521. The molecule has 0 bridgehead atoms. The van der Waals surface area contributed by atoms with E-state index in [1.165, 1.54) is 12.1 Å². The molecule has 0 aliphatic carbocycles. The van der Waals surface area contributed by atoms with Crippen LogP contribution in [0.3, 0.4) is 0 Å². The number of nitrogens with zero attached hydrogens (tertiary/aromatic N) is 2. The molecule has 2 rings (SSSR count). The van der Waals surface area contributed by atoms with E-state index >= 15 is 0 Å². The molecule has 0 saturated heterocycles. The standard InChI is InChI=1S/C12H9F3N2O2S/c1-2-9(18)7-3-5-8(6-4-7)19-11-16-10(17-20-11)12(13,14)15/h3-6H,2H2,1H3. The highest BCUT2D eigenvalue weighted by Crippen LogP contribution is 2.31. The smallest absolute Gasteiger partial charge is 0.430 e. The highest BCUT2D eigenvalue weighted by molar-refractivity contribution is 7.07. The second kappa shape index (κ2) is 5.58. The van der Waals surface area contributed by atoms with Crippen molar-refractivity contribution in [3.05, 3.63) is 35.7 Å². The number of hydrogen-bond donors (Lipinski definition) is 0. The molecule has 0 N–H and O–H groups in total. The highest BCUT2D eigenvalue weighted by atomic mass is 32.1. The highest BCUT2D eigenvalue weighted by Gasteiger charge is 2.36. The maximum atomic E-state index is 12.3. The van der Waals surface area contributed by atoms with Gasteiger partial charge in [-0.2, -0.15) is 22.5 Å². The molecule has 0 fully saturated rings. The normalized spacial score (nSPS) is 11.4. The topological polar surface area (TPSA) is 52.1 Å². The third kappa shape index (κ3) is 3.32. The summed E-state index contributed by atoms with van der Waals surface area (Å²) in [5.74, 6) is -0.954. The Labute approximate surface area is 116 Å². The molecule has 0 saturated carbocycles. The number of carbonyl (C=O) groups is 1. The summed E-state index contributed by atoms with van der Waals surface area (Å²) in [6.07, 6.45) is -4.21. The van der Waals surface area contributed by atoms with Gasteiger partial charge in [-0.3, -0.25) is 4.79 Å². The number of ketones is 1. The van der Waals surface area contributed by atoms with E-state index in [1.807, 2.05) is 0 Å². The molecule has 2 aromatic rings. The molecule has 106 valence electrons. The van der Waals surface area contributed by atoms with E-state index in [4.69, 9.17) is 4.74 Å². The van der Waals surface area contributed by atoms with Gasteiger partial charge in [0.15, 0.2) is 5.78 Å². The summed E-state index contributed by atoms with van der Waals surface area (Å²) in [4.78, 5) is 14.7. The molecule has 20 heavy (non-hydrogen) atoms. The molecule has 0 aliphatic heterocycles. The number of hydrogen-bond acceptors (Lipinski definition) is 5. The molecule has 8 heteroatoms. The average molecular weight is 302 g/mol. The number of aromatic nitrogens is 2.